The molecule has 0 radical (unpaired) electrons. The van der Waals surface area contributed by atoms with Crippen molar-refractivity contribution < 1.29 is 0 Å². The summed E-state index contributed by atoms with van der Waals surface area (Å²) in [5, 5.41) is 0. The van der Waals surface area contributed by atoms with Crippen LogP contribution >= 0.6 is 0 Å². The first kappa shape index (κ1) is 29.7. The van der Waals surface area contributed by atoms with Gasteiger partial charge in [0.2, 0.25) is 0 Å². The molecule has 0 saturated carbocycles. The van der Waals surface area contributed by atoms with Crippen molar-refractivity contribution in [2.75, 3.05) is 0 Å². The zero-order valence-electron chi connectivity index (χ0n) is 21.9. The highest BCUT2D eigenvalue weighted by Crippen LogP contribution is 2.30. The highest BCUT2D eigenvalue weighted by atomic mass is 14.2. The smallest absolute Gasteiger partial charge is 0.0203 e. The zero-order chi connectivity index (χ0) is 22.3. The SMILES string of the molecule is C=C(CCCCCCCC)C(CCCCCCCC)CC(C)CCCCCCCC. The van der Waals surface area contributed by atoms with Crippen LogP contribution in [0.25, 0.3) is 0 Å². The lowest BCUT2D eigenvalue weighted by Crippen LogP contribution is -2.10. The summed E-state index contributed by atoms with van der Waals surface area (Å²) in [5.74, 6) is 1.67. The third-order valence-electron chi connectivity index (χ3n) is 7.07. The second-order valence-electron chi connectivity index (χ2n) is 10.3. The third kappa shape index (κ3) is 19.7. The van der Waals surface area contributed by atoms with Gasteiger partial charge in [0.15, 0.2) is 0 Å². The number of rotatable bonds is 24. The molecule has 0 aliphatic rings. The molecule has 0 nitrogen and oxygen atoms in total. The van der Waals surface area contributed by atoms with Crippen LogP contribution in [0.3, 0.4) is 0 Å². The maximum atomic E-state index is 4.60. The summed E-state index contributed by atoms with van der Waals surface area (Å²) in [6.07, 6.45) is 31.0. The fourth-order valence-electron chi connectivity index (χ4n) is 4.87. The van der Waals surface area contributed by atoms with E-state index in [0.717, 1.165) is 11.8 Å². The molecule has 0 aromatic carbocycles. The van der Waals surface area contributed by atoms with Gasteiger partial charge < -0.3 is 0 Å². The standard InChI is InChI=1S/C30H60/c1-6-9-12-15-18-21-24-28(4)27-30(26-23-20-17-14-11-8-3)29(5)25-22-19-16-13-10-7-2/h28,30H,5-27H2,1-4H3. The minimum Gasteiger partial charge on any atom is -0.0996 e. The van der Waals surface area contributed by atoms with Crippen LogP contribution in [0.5, 0.6) is 0 Å². The molecule has 0 saturated heterocycles. The molecule has 2 unspecified atom stereocenters. The minimum atomic E-state index is 0.793. The Balaban J connectivity index is 4.22. The van der Waals surface area contributed by atoms with Crippen LogP contribution in [0.4, 0.5) is 0 Å². The molecular formula is C30H60. The lowest BCUT2D eigenvalue weighted by molar-refractivity contribution is 0.363. The van der Waals surface area contributed by atoms with Crippen molar-refractivity contribution >= 4 is 0 Å². The van der Waals surface area contributed by atoms with E-state index in [0.29, 0.717) is 0 Å². The Morgan fingerprint density at radius 1 is 0.533 bits per heavy atom. The average Bonchev–Trinajstić information content (AvgIpc) is 2.74. The second-order valence-corrected chi connectivity index (χ2v) is 10.3. The molecule has 0 bridgehead atoms. The Morgan fingerprint density at radius 3 is 1.43 bits per heavy atom. The summed E-state index contributed by atoms with van der Waals surface area (Å²) < 4.78 is 0. The largest absolute Gasteiger partial charge is 0.0996 e. The van der Waals surface area contributed by atoms with Crippen LogP contribution in [0, 0.1) is 11.8 Å². The van der Waals surface area contributed by atoms with Crippen LogP contribution in [0.1, 0.15) is 169 Å². The molecule has 0 aromatic heterocycles. The van der Waals surface area contributed by atoms with Gasteiger partial charge in [0.05, 0.1) is 0 Å². The van der Waals surface area contributed by atoms with E-state index >= 15 is 0 Å². The number of hydrogen-bond donors (Lipinski definition) is 0. The highest BCUT2D eigenvalue weighted by molar-refractivity contribution is 5.01. The summed E-state index contributed by atoms with van der Waals surface area (Å²) in [5.41, 5.74) is 1.59. The van der Waals surface area contributed by atoms with Gasteiger partial charge in [0.25, 0.3) is 0 Å². The van der Waals surface area contributed by atoms with E-state index in [4.69, 9.17) is 0 Å². The predicted octanol–water partition coefficient (Wildman–Crippen LogP) is 11.4. The lowest BCUT2D eigenvalue weighted by Gasteiger charge is -2.24. The summed E-state index contributed by atoms with van der Waals surface area (Å²) in [6.45, 7) is 14.0. The maximum Gasteiger partial charge on any atom is -0.0203 e. The maximum absolute atomic E-state index is 4.60. The molecule has 0 fully saturated rings. The molecule has 0 aromatic rings. The molecule has 0 spiro atoms. The van der Waals surface area contributed by atoms with Crippen LogP contribution < -0.4 is 0 Å². The number of unbranched alkanes of at least 4 members (excludes halogenated alkanes) is 15. The Kier molecular flexibility index (Phi) is 23.2. The van der Waals surface area contributed by atoms with Gasteiger partial charge >= 0.3 is 0 Å². The Labute approximate surface area is 193 Å². The van der Waals surface area contributed by atoms with E-state index < -0.39 is 0 Å². The van der Waals surface area contributed by atoms with Gasteiger partial charge in [0.1, 0.15) is 0 Å². The molecule has 2 atom stereocenters. The van der Waals surface area contributed by atoms with E-state index in [-0.39, 0.29) is 0 Å². The molecular weight excluding hydrogens is 360 g/mol. The first-order valence-electron chi connectivity index (χ1n) is 14.3. The summed E-state index contributed by atoms with van der Waals surface area (Å²) in [7, 11) is 0. The first-order chi connectivity index (χ1) is 14.7. The normalized spacial score (nSPS) is 13.5. The van der Waals surface area contributed by atoms with Crippen molar-refractivity contribution in [1.29, 1.82) is 0 Å². The van der Waals surface area contributed by atoms with Gasteiger partial charge in [-0.2, -0.15) is 0 Å². The topological polar surface area (TPSA) is 0 Å². The number of hydrogen-bond acceptors (Lipinski definition) is 0. The van der Waals surface area contributed by atoms with E-state index in [1.54, 1.807) is 5.57 Å². The van der Waals surface area contributed by atoms with Crippen LogP contribution in [-0.2, 0) is 0 Å². The van der Waals surface area contributed by atoms with Gasteiger partial charge in [-0.05, 0) is 37.5 Å². The predicted molar refractivity (Wildman–Crippen MR) is 140 cm³/mol. The minimum absolute atomic E-state index is 0.793. The quantitative estimate of drug-likeness (QED) is 0.107. The molecule has 0 amide bonds. The van der Waals surface area contributed by atoms with Crippen LogP contribution in [-0.4, -0.2) is 0 Å². The van der Waals surface area contributed by atoms with Gasteiger partial charge in [-0.3, -0.25) is 0 Å². The van der Waals surface area contributed by atoms with E-state index in [2.05, 4.69) is 34.3 Å². The average molecular weight is 421 g/mol. The zero-order valence-corrected chi connectivity index (χ0v) is 21.9. The van der Waals surface area contributed by atoms with Gasteiger partial charge in [-0.1, -0.05) is 155 Å². The fraction of sp³-hybridized carbons (Fsp3) is 0.933. The molecule has 0 heteroatoms. The Morgan fingerprint density at radius 2 is 0.933 bits per heavy atom. The first-order valence-corrected chi connectivity index (χ1v) is 14.3. The van der Waals surface area contributed by atoms with Gasteiger partial charge in [0, 0.05) is 0 Å². The van der Waals surface area contributed by atoms with Crippen molar-refractivity contribution in [1.82, 2.24) is 0 Å². The number of allylic oxidation sites excluding steroid dienone is 1. The van der Waals surface area contributed by atoms with Crippen molar-refractivity contribution in [3.8, 4) is 0 Å². The summed E-state index contributed by atoms with van der Waals surface area (Å²) in [4.78, 5) is 0. The van der Waals surface area contributed by atoms with Gasteiger partial charge in [-0.25, -0.2) is 0 Å². The summed E-state index contributed by atoms with van der Waals surface area (Å²) in [6, 6.07) is 0. The van der Waals surface area contributed by atoms with Crippen molar-refractivity contribution in [3.05, 3.63) is 12.2 Å². The summed E-state index contributed by atoms with van der Waals surface area (Å²) >= 11 is 0. The lowest BCUT2D eigenvalue weighted by atomic mass is 9.82. The van der Waals surface area contributed by atoms with E-state index in [9.17, 15) is 0 Å². The van der Waals surface area contributed by atoms with E-state index in [1.807, 2.05) is 0 Å². The third-order valence-corrected chi connectivity index (χ3v) is 7.07. The molecule has 0 N–H and O–H groups in total. The molecule has 0 rings (SSSR count). The van der Waals surface area contributed by atoms with Crippen molar-refractivity contribution in [2.24, 2.45) is 11.8 Å². The molecule has 180 valence electrons. The Bertz CT molecular complexity index is 342. The molecule has 0 aliphatic carbocycles. The van der Waals surface area contributed by atoms with Gasteiger partial charge in [-0.15, -0.1) is 0 Å². The highest BCUT2D eigenvalue weighted by Gasteiger charge is 2.16. The molecule has 0 aliphatic heterocycles. The monoisotopic (exact) mass is 420 g/mol. The fourth-order valence-corrected chi connectivity index (χ4v) is 4.87. The van der Waals surface area contributed by atoms with Crippen LogP contribution in [0.15, 0.2) is 12.2 Å². The molecule has 30 heavy (non-hydrogen) atoms. The second kappa shape index (κ2) is 23.4. The van der Waals surface area contributed by atoms with E-state index in [1.165, 1.54) is 141 Å². The molecule has 0 heterocycles. The van der Waals surface area contributed by atoms with Crippen LogP contribution in [0.2, 0.25) is 0 Å². The Hall–Kier alpha value is -0.260. The van der Waals surface area contributed by atoms with Crippen molar-refractivity contribution in [2.45, 2.75) is 169 Å². The van der Waals surface area contributed by atoms with Crippen molar-refractivity contribution in [3.63, 3.8) is 0 Å².